The summed E-state index contributed by atoms with van der Waals surface area (Å²) in [5, 5.41) is 6.20. The first-order valence-electron chi connectivity index (χ1n) is 7.87. The lowest BCUT2D eigenvalue weighted by Crippen LogP contribution is -2.25. The molecule has 1 aromatic heterocycles. The maximum absolute atomic E-state index is 12.1. The molecule has 1 heterocycles. The van der Waals surface area contributed by atoms with Gasteiger partial charge in [-0.3, -0.25) is 9.78 Å². The molecule has 2 N–H and O–H groups in total. The van der Waals surface area contributed by atoms with E-state index in [1.54, 1.807) is 12.3 Å². The lowest BCUT2D eigenvalue weighted by molar-refractivity contribution is 0.0948. The molecule has 0 bridgehead atoms. The van der Waals surface area contributed by atoms with Crippen LogP contribution < -0.4 is 10.6 Å². The van der Waals surface area contributed by atoms with Gasteiger partial charge in [-0.15, -0.1) is 0 Å². The van der Waals surface area contributed by atoms with E-state index in [1.807, 2.05) is 31.2 Å². The molecule has 1 aromatic carbocycles. The number of aryl methyl sites for hydroxylation is 1. The quantitative estimate of drug-likeness (QED) is 0.682. The molecule has 0 aliphatic heterocycles. The van der Waals surface area contributed by atoms with Crippen molar-refractivity contribution in [1.82, 2.24) is 10.3 Å². The minimum absolute atomic E-state index is 0.130. The molecule has 0 saturated carbocycles. The van der Waals surface area contributed by atoms with Crippen LogP contribution in [0.15, 0.2) is 41.0 Å². The summed E-state index contributed by atoms with van der Waals surface area (Å²) in [7, 11) is 0. The molecule has 2 rings (SSSR count). The predicted molar refractivity (Wildman–Crippen MR) is 98.3 cm³/mol. The highest BCUT2D eigenvalue weighted by molar-refractivity contribution is 9.10. The molecule has 0 saturated heterocycles. The Balaban J connectivity index is 2.01. The fourth-order valence-corrected chi connectivity index (χ4v) is 2.52. The Morgan fingerprint density at radius 2 is 1.96 bits per heavy atom. The van der Waals surface area contributed by atoms with Gasteiger partial charge in [0.15, 0.2) is 0 Å². The number of benzene rings is 1. The third-order valence-electron chi connectivity index (χ3n) is 3.52. The molecule has 0 atom stereocenters. The second-order valence-corrected chi connectivity index (χ2v) is 6.34. The van der Waals surface area contributed by atoms with E-state index in [1.165, 1.54) is 5.56 Å². The standard InChI is InChI=1S/C18H22BrN3O/c1-3-4-5-9-21-18(23)17-12-15(8-10-20-17)22-14-7-6-13(2)16(19)11-14/h6-8,10-12H,3-5,9H2,1-2H3,(H,20,22)(H,21,23). The normalized spacial score (nSPS) is 10.4. The summed E-state index contributed by atoms with van der Waals surface area (Å²) >= 11 is 3.52. The molecule has 4 nitrogen and oxygen atoms in total. The molecule has 1 amide bonds. The topological polar surface area (TPSA) is 54.0 Å². The molecule has 0 radical (unpaired) electrons. The predicted octanol–water partition coefficient (Wildman–Crippen LogP) is 4.82. The van der Waals surface area contributed by atoms with Crippen LogP contribution in [0.2, 0.25) is 0 Å². The summed E-state index contributed by atoms with van der Waals surface area (Å²) in [6.45, 7) is 4.88. The first-order chi connectivity index (χ1) is 11.1. The van der Waals surface area contributed by atoms with E-state index < -0.39 is 0 Å². The number of hydrogen-bond donors (Lipinski definition) is 2. The monoisotopic (exact) mass is 375 g/mol. The smallest absolute Gasteiger partial charge is 0.269 e. The Morgan fingerprint density at radius 3 is 2.70 bits per heavy atom. The number of amides is 1. The van der Waals surface area contributed by atoms with E-state index in [4.69, 9.17) is 0 Å². The van der Waals surface area contributed by atoms with Gasteiger partial charge >= 0.3 is 0 Å². The minimum Gasteiger partial charge on any atom is -0.355 e. The van der Waals surface area contributed by atoms with Crippen molar-refractivity contribution in [2.75, 3.05) is 11.9 Å². The van der Waals surface area contributed by atoms with Gasteiger partial charge in [-0.05, 0) is 43.2 Å². The van der Waals surface area contributed by atoms with Gasteiger partial charge < -0.3 is 10.6 Å². The van der Waals surface area contributed by atoms with Crippen molar-refractivity contribution in [3.05, 3.63) is 52.3 Å². The van der Waals surface area contributed by atoms with Crippen molar-refractivity contribution < 1.29 is 4.79 Å². The van der Waals surface area contributed by atoms with Crippen LogP contribution in [-0.4, -0.2) is 17.4 Å². The van der Waals surface area contributed by atoms with Crippen molar-refractivity contribution in [1.29, 1.82) is 0 Å². The van der Waals surface area contributed by atoms with Crippen LogP contribution in [-0.2, 0) is 0 Å². The number of aromatic nitrogens is 1. The summed E-state index contributed by atoms with van der Waals surface area (Å²) in [5.74, 6) is -0.130. The van der Waals surface area contributed by atoms with Gasteiger partial charge in [0.2, 0.25) is 0 Å². The van der Waals surface area contributed by atoms with E-state index >= 15 is 0 Å². The number of halogens is 1. The van der Waals surface area contributed by atoms with Crippen molar-refractivity contribution in [3.63, 3.8) is 0 Å². The summed E-state index contributed by atoms with van der Waals surface area (Å²) < 4.78 is 1.05. The number of carbonyl (C=O) groups excluding carboxylic acids is 1. The summed E-state index contributed by atoms with van der Waals surface area (Å²) in [5.41, 5.74) is 3.41. The fraction of sp³-hybridized carbons (Fsp3) is 0.333. The van der Waals surface area contributed by atoms with E-state index in [2.05, 4.69) is 38.5 Å². The third-order valence-corrected chi connectivity index (χ3v) is 4.37. The molecule has 0 aliphatic carbocycles. The Hall–Kier alpha value is -1.88. The highest BCUT2D eigenvalue weighted by Gasteiger charge is 2.07. The van der Waals surface area contributed by atoms with Gasteiger partial charge in [0, 0.05) is 28.6 Å². The molecule has 0 unspecified atom stereocenters. The molecule has 0 aliphatic rings. The molecule has 5 heteroatoms. The Kier molecular flexibility index (Phi) is 6.59. The summed E-state index contributed by atoms with van der Waals surface area (Å²) in [6, 6.07) is 9.67. The van der Waals surface area contributed by atoms with Gasteiger partial charge in [0.1, 0.15) is 5.69 Å². The van der Waals surface area contributed by atoms with Crippen LogP contribution in [0.25, 0.3) is 0 Å². The van der Waals surface area contributed by atoms with Gasteiger partial charge in [-0.2, -0.15) is 0 Å². The van der Waals surface area contributed by atoms with Crippen LogP contribution in [0.4, 0.5) is 11.4 Å². The molecule has 0 spiro atoms. The third kappa shape index (κ3) is 5.36. The second-order valence-electron chi connectivity index (χ2n) is 5.48. The Labute approximate surface area is 145 Å². The summed E-state index contributed by atoms with van der Waals surface area (Å²) in [4.78, 5) is 16.3. The van der Waals surface area contributed by atoms with Crippen molar-refractivity contribution >= 4 is 33.2 Å². The van der Waals surface area contributed by atoms with E-state index in [-0.39, 0.29) is 5.91 Å². The average molecular weight is 376 g/mol. The fourth-order valence-electron chi connectivity index (χ4n) is 2.14. The number of rotatable bonds is 7. The maximum Gasteiger partial charge on any atom is 0.269 e. The Bertz CT molecular complexity index is 673. The number of hydrogen-bond acceptors (Lipinski definition) is 3. The molecule has 2 aromatic rings. The lowest BCUT2D eigenvalue weighted by atomic mass is 10.2. The number of unbranched alkanes of at least 4 members (excludes halogenated alkanes) is 2. The second kappa shape index (κ2) is 8.67. The summed E-state index contributed by atoms with van der Waals surface area (Å²) in [6.07, 6.45) is 4.90. The molecular weight excluding hydrogens is 354 g/mol. The zero-order valence-electron chi connectivity index (χ0n) is 13.5. The SMILES string of the molecule is CCCCCNC(=O)c1cc(Nc2ccc(C)c(Br)c2)ccn1. The van der Waals surface area contributed by atoms with Crippen LogP contribution in [0.1, 0.15) is 42.2 Å². The van der Waals surface area contributed by atoms with Gasteiger partial charge in [-0.1, -0.05) is 41.8 Å². The van der Waals surface area contributed by atoms with E-state index in [0.717, 1.165) is 35.1 Å². The minimum atomic E-state index is -0.130. The highest BCUT2D eigenvalue weighted by Crippen LogP contribution is 2.23. The first-order valence-corrected chi connectivity index (χ1v) is 8.67. The van der Waals surface area contributed by atoms with Gasteiger partial charge in [0.25, 0.3) is 5.91 Å². The number of carbonyl (C=O) groups is 1. The lowest BCUT2D eigenvalue weighted by Gasteiger charge is -2.09. The molecule has 122 valence electrons. The van der Waals surface area contributed by atoms with Gasteiger partial charge in [-0.25, -0.2) is 0 Å². The van der Waals surface area contributed by atoms with Crippen LogP contribution in [0.5, 0.6) is 0 Å². The number of anilines is 2. The van der Waals surface area contributed by atoms with E-state index in [0.29, 0.717) is 12.2 Å². The molecular formula is C18H22BrN3O. The van der Waals surface area contributed by atoms with Crippen molar-refractivity contribution in [3.8, 4) is 0 Å². The number of nitrogens with zero attached hydrogens (tertiary/aromatic N) is 1. The van der Waals surface area contributed by atoms with Crippen LogP contribution in [0, 0.1) is 6.92 Å². The van der Waals surface area contributed by atoms with Crippen molar-refractivity contribution in [2.45, 2.75) is 33.1 Å². The Morgan fingerprint density at radius 1 is 1.17 bits per heavy atom. The average Bonchev–Trinajstić information content (AvgIpc) is 2.55. The maximum atomic E-state index is 12.1. The van der Waals surface area contributed by atoms with Crippen LogP contribution >= 0.6 is 15.9 Å². The van der Waals surface area contributed by atoms with E-state index in [9.17, 15) is 4.79 Å². The highest BCUT2D eigenvalue weighted by atomic mass is 79.9. The number of pyridine rings is 1. The largest absolute Gasteiger partial charge is 0.355 e. The number of nitrogens with one attached hydrogen (secondary N) is 2. The molecule has 23 heavy (non-hydrogen) atoms. The molecule has 0 fully saturated rings. The van der Waals surface area contributed by atoms with Gasteiger partial charge in [0.05, 0.1) is 0 Å². The van der Waals surface area contributed by atoms with Crippen LogP contribution in [0.3, 0.4) is 0 Å². The zero-order valence-corrected chi connectivity index (χ0v) is 15.1. The first kappa shape index (κ1) is 17.5. The zero-order chi connectivity index (χ0) is 16.7. The van der Waals surface area contributed by atoms with Crippen molar-refractivity contribution in [2.24, 2.45) is 0 Å².